The molecule has 148 valence electrons. The number of carbonyl (C=O) groups is 2. The molecule has 0 radical (unpaired) electrons. The van der Waals surface area contributed by atoms with Crippen molar-refractivity contribution in [2.75, 3.05) is 11.9 Å². The van der Waals surface area contributed by atoms with Crippen molar-refractivity contribution in [1.29, 1.82) is 0 Å². The van der Waals surface area contributed by atoms with Crippen molar-refractivity contribution in [2.24, 2.45) is 0 Å². The number of esters is 1. The Morgan fingerprint density at radius 1 is 0.933 bits per heavy atom. The standard InChI is InChI=1S/C23H16FN3O3/c24-17-8-2-4-10-19(17)27-22(28)14-30-23(29)16-13-21(20-11-5-6-12-25-20)26-18-9-3-1-7-15(16)18/h1-13H,14H2,(H,27,28). The lowest BCUT2D eigenvalue weighted by molar-refractivity contribution is -0.119. The van der Waals surface area contributed by atoms with Crippen LogP contribution in [0, 0.1) is 5.82 Å². The molecule has 0 fully saturated rings. The van der Waals surface area contributed by atoms with Gasteiger partial charge in [-0.2, -0.15) is 0 Å². The molecule has 0 saturated carbocycles. The van der Waals surface area contributed by atoms with Crippen LogP contribution in [0.5, 0.6) is 0 Å². The predicted octanol–water partition coefficient (Wildman–Crippen LogP) is 4.23. The number of carbonyl (C=O) groups excluding carboxylic acids is 2. The third-order valence-corrected chi connectivity index (χ3v) is 4.35. The quantitative estimate of drug-likeness (QED) is 0.506. The van der Waals surface area contributed by atoms with E-state index in [4.69, 9.17) is 4.74 Å². The highest BCUT2D eigenvalue weighted by molar-refractivity contribution is 6.05. The van der Waals surface area contributed by atoms with E-state index in [1.807, 2.05) is 12.1 Å². The molecule has 0 spiro atoms. The van der Waals surface area contributed by atoms with Gasteiger partial charge in [0, 0.05) is 11.6 Å². The van der Waals surface area contributed by atoms with Crippen LogP contribution in [0.1, 0.15) is 10.4 Å². The molecule has 0 unspecified atom stereocenters. The molecule has 0 atom stereocenters. The van der Waals surface area contributed by atoms with Crippen molar-refractivity contribution < 1.29 is 18.7 Å². The van der Waals surface area contributed by atoms with Gasteiger partial charge in [-0.15, -0.1) is 0 Å². The zero-order valence-corrected chi connectivity index (χ0v) is 15.7. The SMILES string of the molecule is O=C(COC(=O)c1cc(-c2ccccn2)nc2ccccc12)Nc1ccccc1F. The molecule has 30 heavy (non-hydrogen) atoms. The normalized spacial score (nSPS) is 10.6. The monoisotopic (exact) mass is 401 g/mol. The molecule has 2 aromatic heterocycles. The van der Waals surface area contributed by atoms with Crippen LogP contribution in [-0.4, -0.2) is 28.5 Å². The molecule has 2 aromatic carbocycles. The Kier molecular flexibility index (Phi) is 5.43. The summed E-state index contributed by atoms with van der Waals surface area (Å²) in [7, 11) is 0. The van der Waals surface area contributed by atoms with Crippen LogP contribution in [0.3, 0.4) is 0 Å². The van der Waals surface area contributed by atoms with Crippen LogP contribution in [-0.2, 0) is 9.53 Å². The van der Waals surface area contributed by atoms with Gasteiger partial charge in [0.05, 0.1) is 28.2 Å². The number of aromatic nitrogens is 2. The summed E-state index contributed by atoms with van der Waals surface area (Å²) < 4.78 is 18.8. The fraction of sp³-hybridized carbons (Fsp3) is 0.0435. The first-order valence-corrected chi connectivity index (χ1v) is 9.14. The highest BCUT2D eigenvalue weighted by atomic mass is 19.1. The summed E-state index contributed by atoms with van der Waals surface area (Å²) in [5.74, 6) is -1.90. The largest absolute Gasteiger partial charge is 0.452 e. The summed E-state index contributed by atoms with van der Waals surface area (Å²) in [4.78, 5) is 33.6. The fourth-order valence-corrected chi connectivity index (χ4v) is 2.95. The van der Waals surface area contributed by atoms with E-state index in [0.717, 1.165) is 0 Å². The Morgan fingerprint density at radius 3 is 2.50 bits per heavy atom. The third kappa shape index (κ3) is 4.15. The second-order valence-corrected chi connectivity index (χ2v) is 6.39. The zero-order chi connectivity index (χ0) is 20.9. The Hall–Kier alpha value is -4.13. The van der Waals surface area contributed by atoms with Gasteiger partial charge in [-0.05, 0) is 36.4 Å². The van der Waals surface area contributed by atoms with Gasteiger partial charge in [-0.1, -0.05) is 36.4 Å². The topological polar surface area (TPSA) is 81.2 Å². The average molecular weight is 401 g/mol. The van der Waals surface area contributed by atoms with E-state index >= 15 is 0 Å². The first-order chi connectivity index (χ1) is 14.6. The van der Waals surface area contributed by atoms with Crippen LogP contribution >= 0.6 is 0 Å². The number of benzene rings is 2. The summed E-state index contributed by atoms with van der Waals surface area (Å²) in [6.07, 6.45) is 1.64. The highest BCUT2D eigenvalue weighted by Crippen LogP contribution is 2.24. The summed E-state index contributed by atoms with van der Waals surface area (Å²) in [5, 5.41) is 2.97. The number of hydrogen-bond donors (Lipinski definition) is 1. The number of rotatable bonds is 5. The summed E-state index contributed by atoms with van der Waals surface area (Å²) in [6.45, 7) is -0.553. The molecule has 0 aliphatic rings. The minimum absolute atomic E-state index is 0.0188. The lowest BCUT2D eigenvalue weighted by Gasteiger charge is -2.10. The van der Waals surface area contributed by atoms with E-state index in [2.05, 4.69) is 15.3 Å². The van der Waals surface area contributed by atoms with Crippen LogP contribution in [0.15, 0.2) is 79.0 Å². The van der Waals surface area contributed by atoms with Gasteiger partial charge in [-0.3, -0.25) is 9.78 Å². The average Bonchev–Trinajstić information content (AvgIpc) is 2.79. The number of pyridine rings is 2. The maximum absolute atomic E-state index is 13.7. The van der Waals surface area contributed by atoms with Crippen molar-refractivity contribution in [2.45, 2.75) is 0 Å². The molecule has 1 N–H and O–H groups in total. The second-order valence-electron chi connectivity index (χ2n) is 6.39. The number of amides is 1. The molecule has 0 bridgehead atoms. The zero-order valence-electron chi connectivity index (χ0n) is 15.7. The Bertz CT molecular complexity index is 1230. The lowest BCUT2D eigenvalue weighted by Crippen LogP contribution is -2.21. The van der Waals surface area contributed by atoms with Crippen molar-refractivity contribution in [3.05, 3.63) is 90.4 Å². The highest BCUT2D eigenvalue weighted by Gasteiger charge is 2.17. The molecular weight excluding hydrogens is 385 g/mol. The number of anilines is 1. The van der Waals surface area contributed by atoms with Gasteiger partial charge in [-0.25, -0.2) is 14.2 Å². The number of ether oxygens (including phenoxy) is 1. The number of hydrogen-bond acceptors (Lipinski definition) is 5. The third-order valence-electron chi connectivity index (χ3n) is 4.35. The van der Waals surface area contributed by atoms with Crippen LogP contribution in [0.25, 0.3) is 22.3 Å². The second kappa shape index (κ2) is 8.48. The van der Waals surface area contributed by atoms with Crippen molar-refractivity contribution in [1.82, 2.24) is 9.97 Å². The van der Waals surface area contributed by atoms with E-state index in [0.29, 0.717) is 22.3 Å². The first-order valence-electron chi connectivity index (χ1n) is 9.14. The molecule has 0 aliphatic heterocycles. The molecule has 2 heterocycles. The van der Waals surface area contributed by atoms with E-state index in [1.54, 1.807) is 48.7 Å². The number of fused-ring (bicyclic) bond motifs is 1. The predicted molar refractivity (Wildman–Crippen MR) is 110 cm³/mol. The van der Waals surface area contributed by atoms with Crippen molar-refractivity contribution in [3.63, 3.8) is 0 Å². The van der Waals surface area contributed by atoms with Gasteiger partial charge in [0.25, 0.3) is 5.91 Å². The van der Waals surface area contributed by atoms with E-state index in [9.17, 15) is 14.0 Å². The molecule has 4 rings (SSSR count). The minimum atomic E-state index is -0.686. The molecule has 6 nitrogen and oxygen atoms in total. The fourth-order valence-electron chi connectivity index (χ4n) is 2.95. The van der Waals surface area contributed by atoms with E-state index in [-0.39, 0.29) is 11.3 Å². The Balaban J connectivity index is 1.57. The molecule has 1 amide bonds. The summed E-state index contributed by atoms with van der Waals surface area (Å²) >= 11 is 0. The van der Waals surface area contributed by atoms with Crippen LogP contribution < -0.4 is 5.32 Å². The van der Waals surface area contributed by atoms with Crippen LogP contribution in [0.2, 0.25) is 0 Å². The molecular formula is C23H16FN3O3. The number of nitrogens with one attached hydrogen (secondary N) is 1. The van der Waals surface area contributed by atoms with E-state index < -0.39 is 24.3 Å². The van der Waals surface area contributed by atoms with Gasteiger partial charge in [0.1, 0.15) is 5.82 Å². The van der Waals surface area contributed by atoms with Gasteiger partial charge in [0.15, 0.2) is 6.61 Å². The number of para-hydroxylation sites is 2. The number of nitrogens with zero attached hydrogens (tertiary/aromatic N) is 2. The van der Waals surface area contributed by atoms with E-state index in [1.165, 1.54) is 18.2 Å². The van der Waals surface area contributed by atoms with Gasteiger partial charge < -0.3 is 10.1 Å². The Labute approximate surface area is 171 Å². The molecule has 0 saturated heterocycles. The van der Waals surface area contributed by atoms with Gasteiger partial charge in [0.2, 0.25) is 0 Å². The van der Waals surface area contributed by atoms with Crippen molar-refractivity contribution in [3.8, 4) is 11.4 Å². The maximum Gasteiger partial charge on any atom is 0.339 e. The molecule has 7 heteroatoms. The lowest BCUT2D eigenvalue weighted by atomic mass is 10.1. The Morgan fingerprint density at radius 2 is 1.70 bits per heavy atom. The van der Waals surface area contributed by atoms with Crippen LogP contribution in [0.4, 0.5) is 10.1 Å². The summed E-state index contributed by atoms with van der Waals surface area (Å²) in [6, 6.07) is 19.9. The molecule has 4 aromatic rings. The molecule has 0 aliphatic carbocycles. The summed E-state index contributed by atoms with van der Waals surface area (Å²) in [5.41, 5.74) is 2.00. The number of halogens is 1. The smallest absolute Gasteiger partial charge is 0.339 e. The van der Waals surface area contributed by atoms with Crippen molar-refractivity contribution >= 4 is 28.5 Å². The minimum Gasteiger partial charge on any atom is -0.452 e. The first kappa shape index (κ1) is 19.2. The maximum atomic E-state index is 13.7. The van der Waals surface area contributed by atoms with Gasteiger partial charge >= 0.3 is 5.97 Å².